The van der Waals surface area contributed by atoms with Crippen LogP contribution in [0, 0.1) is 0 Å². The molecule has 0 radical (unpaired) electrons. The van der Waals surface area contributed by atoms with E-state index in [-0.39, 0.29) is 0 Å². The Morgan fingerprint density at radius 1 is 0.875 bits per heavy atom. The number of hydrogen-bond donors (Lipinski definition) is 2. The Bertz CT molecular complexity index is 815. The Kier molecular flexibility index (Phi) is 4.20. The van der Waals surface area contributed by atoms with Gasteiger partial charge in [-0.15, -0.1) is 0 Å². The van der Waals surface area contributed by atoms with Crippen molar-refractivity contribution in [1.82, 2.24) is 15.0 Å². The molecule has 1 fully saturated rings. The van der Waals surface area contributed by atoms with Gasteiger partial charge in [0.25, 0.3) is 0 Å². The summed E-state index contributed by atoms with van der Waals surface area (Å²) in [6, 6.07) is 12.6. The van der Waals surface area contributed by atoms with Gasteiger partial charge in [-0.3, -0.25) is 4.98 Å². The van der Waals surface area contributed by atoms with Gasteiger partial charge in [-0.2, -0.15) is 0 Å². The second-order valence-corrected chi connectivity index (χ2v) is 5.83. The van der Waals surface area contributed by atoms with Crippen molar-refractivity contribution in [3.05, 3.63) is 48.8 Å². The molecule has 6 heteroatoms. The highest BCUT2D eigenvalue weighted by Gasteiger charge is 2.13. The number of rotatable bonds is 4. The molecule has 3 aromatic rings. The maximum atomic E-state index is 5.39. The number of pyridine rings is 1. The molecule has 1 aromatic carbocycles. The van der Waals surface area contributed by atoms with Gasteiger partial charge < -0.3 is 15.4 Å². The first-order valence-corrected chi connectivity index (χ1v) is 8.16. The number of nitrogens with zero attached hydrogens (tertiary/aromatic N) is 3. The first kappa shape index (κ1) is 14.8. The van der Waals surface area contributed by atoms with Gasteiger partial charge >= 0.3 is 0 Å². The van der Waals surface area contributed by atoms with Crippen LogP contribution in [0.5, 0.6) is 0 Å². The molecule has 1 saturated heterocycles. The highest BCUT2D eigenvalue weighted by molar-refractivity contribution is 5.73. The zero-order valence-electron chi connectivity index (χ0n) is 13.3. The third-order valence-electron chi connectivity index (χ3n) is 4.08. The third-order valence-corrected chi connectivity index (χ3v) is 4.08. The van der Waals surface area contributed by atoms with Crippen molar-refractivity contribution in [3.63, 3.8) is 0 Å². The third kappa shape index (κ3) is 3.44. The molecular formula is C18H19N5O. The highest BCUT2D eigenvalue weighted by Crippen LogP contribution is 2.21. The van der Waals surface area contributed by atoms with E-state index in [1.807, 2.05) is 24.3 Å². The zero-order chi connectivity index (χ0) is 16.2. The summed E-state index contributed by atoms with van der Waals surface area (Å²) in [5.41, 5.74) is 3.55. The molecular weight excluding hydrogens is 302 g/mol. The maximum Gasteiger partial charge on any atom is 0.180 e. The normalized spacial score (nSPS) is 15.3. The summed E-state index contributed by atoms with van der Waals surface area (Å²) in [7, 11) is 0. The van der Waals surface area contributed by atoms with E-state index >= 15 is 0 Å². The van der Waals surface area contributed by atoms with Crippen LogP contribution in [0.25, 0.3) is 11.2 Å². The van der Waals surface area contributed by atoms with Gasteiger partial charge in [0.15, 0.2) is 5.65 Å². The first-order chi connectivity index (χ1) is 11.9. The van der Waals surface area contributed by atoms with Crippen LogP contribution in [0.4, 0.5) is 17.2 Å². The minimum atomic E-state index is 0.498. The Balaban J connectivity index is 1.44. The molecule has 0 unspecified atom stereocenters. The monoisotopic (exact) mass is 321 g/mol. The van der Waals surface area contributed by atoms with E-state index in [0.717, 1.165) is 48.8 Å². The fraction of sp³-hybridized carbons (Fsp3) is 0.278. The van der Waals surface area contributed by atoms with Crippen LogP contribution in [-0.2, 0) is 4.74 Å². The predicted octanol–water partition coefficient (Wildman–Crippen LogP) is 3.36. The molecule has 0 amide bonds. The minimum Gasteiger partial charge on any atom is -0.382 e. The summed E-state index contributed by atoms with van der Waals surface area (Å²) in [5.74, 6) is 0.758. The number of benzene rings is 1. The Labute approximate surface area is 140 Å². The molecule has 0 spiro atoms. The zero-order valence-corrected chi connectivity index (χ0v) is 13.3. The van der Waals surface area contributed by atoms with Gasteiger partial charge in [0.1, 0.15) is 11.3 Å². The standard InChI is InChI=1S/C18H19N5O/c1-3-14(4-2-13(1)21-15-7-11-24-12-8-15)22-17-6-5-16-18(23-17)20-10-9-19-16/h1-6,9-10,15,21H,7-8,11-12H2,(H,20,22,23). The number of fused-ring (bicyclic) bond motifs is 1. The van der Waals surface area contributed by atoms with Crippen molar-refractivity contribution in [2.45, 2.75) is 18.9 Å². The van der Waals surface area contributed by atoms with E-state index in [1.54, 1.807) is 12.4 Å². The number of ether oxygens (including phenoxy) is 1. The summed E-state index contributed by atoms with van der Waals surface area (Å²) in [6.07, 6.45) is 5.43. The van der Waals surface area contributed by atoms with Crippen molar-refractivity contribution in [3.8, 4) is 0 Å². The van der Waals surface area contributed by atoms with E-state index in [0.29, 0.717) is 11.7 Å². The first-order valence-electron chi connectivity index (χ1n) is 8.16. The quantitative estimate of drug-likeness (QED) is 0.768. The molecule has 4 rings (SSSR count). The topological polar surface area (TPSA) is 72.0 Å². The molecule has 0 bridgehead atoms. The van der Waals surface area contributed by atoms with E-state index < -0.39 is 0 Å². The lowest BCUT2D eigenvalue weighted by molar-refractivity contribution is 0.0904. The second kappa shape index (κ2) is 6.80. The molecule has 0 atom stereocenters. The van der Waals surface area contributed by atoms with Gasteiger partial charge in [0.05, 0.1) is 0 Å². The molecule has 1 aliphatic heterocycles. The lowest BCUT2D eigenvalue weighted by atomic mass is 10.1. The molecule has 24 heavy (non-hydrogen) atoms. The lowest BCUT2D eigenvalue weighted by Crippen LogP contribution is -2.27. The average molecular weight is 321 g/mol. The van der Waals surface area contributed by atoms with Gasteiger partial charge in [-0.25, -0.2) is 9.97 Å². The van der Waals surface area contributed by atoms with Gasteiger partial charge in [-0.05, 0) is 49.2 Å². The van der Waals surface area contributed by atoms with E-state index in [1.165, 1.54) is 0 Å². The SMILES string of the molecule is c1cnc2nc(Nc3ccc(NC4CCOCC4)cc3)ccc2n1. The maximum absolute atomic E-state index is 5.39. The minimum absolute atomic E-state index is 0.498. The van der Waals surface area contributed by atoms with E-state index in [2.05, 4.69) is 37.7 Å². The van der Waals surface area contributed by atoms with E-state index in [4.69, 9.17) is 4.74 Å². The Morgan fingerprint density at radius 3 is 2.46 bits per heavy atom. The molecule has 0 aliphatic carbocycles. The van der Waals surface area contributed by atoms with Gasteiger partial charge in [-0.1, -0.05) is 0 Å². The van der Waals surface area contributed by atoms with E-state index in [9.17, 15) is 0 Å². The number of hydrogen-bond acceptors (Lipinski definition) is 6. The summed E-state index contributed by atoms with van der Waals surface area (Å²) >= 11 is 0. The van der Waals surface area contributed by atoms with Gasteiger partial charge in [0.2, 0.25) is 0 Å². The number of nitrogens with one attached hydrogen (secondary N) is 2. The largest absolute Gasteiger partial charge is 0.382 e. The summed E-state index contributed by atoms with van der Waals surface area (Å²) in [5, 5.41) is 6.85. The number of anilines is 3. The highest BCUT2D eigenvalue weighted by atomic mass is 16.5. The van der Waals surface area contributed by atoms with Crippen LogP contribution >= 0.6 is 0 Å². The van der Waals surface area contributed by atoms with Crippen molar-refractivity contribution >= 4 is 28.4 Å². The van der Waals surface area contributed by atoms with Crippen LogP contribution in [0.1, 0.15) is 12.8 Å². The fourth-order valence-corrected chi connectivity index (χ4v) is 2.80. The molecule has 2 N–H and O–H groups in total. The van der Waals surface area contributed by atoms with Crippen molar-refractivity contribution in [2.75, 3.05) is 23.8 Å². The fourth-order valence-electron chi connectivity index (χ4n) is 2.80. The predicted molar refractivity (Wildman–Crippen MR) is 94.5 cm³/mol. The molecule has 1 aliphatic rings. The van der Waals surface area contributed by atoms with Crippen LogP contribution in [0.2, 0.25) is 0 Å². The molecule has 6 nitrogen and oxygen atoms in total. The number of aromatic nitrogens is 3. The van der Waals surface area contributed by atoms with Gasteiger partial charge in [0, 0.05) is 43.0 Å². The van der Waals surface area contributed by atoms with Crippen LogP contribution in [0.15, 0.2) is 48.8 Å². The van der Waals surface area contributed by atoms with Crippen molar-refractivity contribution in [1.29, 1.82) is 0 Å². The molecule has 0 saturated carbocycles. The molecule has 122 valence electrons. The smallest absolute Gasteiger partial charge is 0.180 e. The average Bonchev–Trinajstić information content (AvgIpc) is 2.64. The van der Waals surface area contributed by atoms with Crippen molar-refractivity contribution in [2.24, 2.45) is 0 Å². The second-order valence-electron chi connectivity index (χ2n) is 5.83. The Hall–Kier alpha value is -2.73. The Morgan fingerprint density at radius 2 is 1.62 bits per heavy atom. The van der Waals surface area contributed by atoms with Crippen LogP contribution < -0.4 is 10.6 Å². The lowest BCUT2D eigenvalue weighted by Gasteiger charge is -2.24. The molecule has 2 aromatic heterocycles. The van der Waals surface area contributed by atoms with Crippen LogP contribution in [-0.4, -0.2) is 34.2 Å². The summed E-state index contributed by atoms with van der Waals surface area (Å²) in [4.78, 5) is 12.9. The summed E-state index contributed by atoms with van der Waals surface area (Å²) in [6.45, 7) is 1.68. The van der Waals surface area contributed by atoms with Crippen LogP contribution in [0.3, 0.4) is 0 Å². The molecule has 3 heterocycles. The van der Waals surface area contributed by atoms with Crippen molar-refractivity contribution < 1.29 is 4.74 Å². The summed E-state index contributed by atoms with van der Waals surface area (Å²) < 4.78 is 5.39.